The van der Waals surface area contributed by atoms with Gasteiger partial charge in [-0.15, -0.1) is 0 Å². The van der Waals surface area contributed by atoms with E-state index in [0.29, 0.717) is 23.6 Å². The highest BCUT2D eigenvalue weighted by Gasteiger charge is 2.09. The fourth-order valence-corrected chi connectivity index (χ4v) is 1.89. The van der Waals surface area contributed by atoms with E-state index in [1.165, 1.54) is 6.07 Å². The lowest BCUT2D eigenvalue weighted by Gasteiger charge is -2.10. The molecule has 0 unspecified atom stereocenters. The summed E-state index contributed by atoms with van der Waals surface area (Å²) in [5, 5.41) is 5.79. The molecule has 2 rings (SSSR count). The molecule has 112 valence electrons. The third kappa shape index (κ3) is 4.25. The van der Waals surface area contributed by atoms with Gasteiger partial charge in [0.25, 0.3) is 0 Å². The van der Waals surface area contributed by atoms with Crippen LogP contribution in [-0.2, 0) is 0 Å². The quantitative estimate of drug-likeness (QED) is 0.827. The number of aromatic nitrogens is 3. The van der Waals surface area contributed by atoms with Gasteiger partial charge in [0.2, 0.25) is 11.9 Å². The number of anilines is 3. The number of nitrogens with zero attached hydrogens (tertiary/aromatic N) is 3. The van der Waals surface area contributed by atoms with Crippen LogP contribution in [0.3, 0.4) is 0 Å². The van der Waals surface area contributed by atoms with Crippen LogP contribution in [-0.4, -0.2) is 28.1 Å². The molecule has 8 heteroatoms. The van der Waals surface area contributed by atoms with Crippen LogP contribution in [0.5, 0.6) is 6.01 Å². The Bertz CT molecular complexity index is 601. The van der Waals surface area contributed by atoms with Gasteiger partial charge in [-0.1, -0.05) is 15.9 Å². The molecule has 0 aliphatic carbocycles. The second-order valence-corrected chi connectivity index (χ2v) is 4.89. The van der Waals surface area contributed by atoms with Gasteiger partial charge < -0.3 is 15.4 Å². The summed E-state index contributed by atoms with van der Waals surface area (Å²) in [6.45, 7) is 4.84. The molecule has 0 amide bonds. The van der Waals surface area contributed by atoms with Gasteiger partial charge in [-0.05, 0) is 32.0 Å². The van der Waals surface area contributed by atoms with E-state index >= 15 is 0 Å². The number of hydrogen-bond donors (Lipinski definition) is 2. The molecule has 0 spiro atoms. The highest BCUT2D eigenvalue weighted by molar-refractivity contribution is 9.10. The zero-order chi connectivity index (χ0) is 15.2. The van der Waals surface area contributed by atoms with Crippen molar-refractivity contribution in [3.05, 3.63) is 28.5 Å². The Morgan fingerprint density at radius 1 is 1.19 bits per heavy atom. The van der Waals surface area contributed by atoms with Gasteiger partial charge in [0.15, 0.2) is 0 Å². The first-order valence-corrected chi connectivity index (χ1v) is 7.26. The van der Waals surface area contributed by atoms with E-state index in [4.69, 9.17) is 4.74 Å². The van der Waals surface area contributed by atoms with Crippen molar-refractivity contribution >= 4 is 33.5 Å². The minimum Gasteiger partial charge on any atom is -0.464 e. The largest absolute Gasteiger partial charge is 0.464 e. The van der Waals surface area contributed by atoms with Crippen molar-refractivity contribution in [3.8, 4) is 6.01 Å². The minimum atomic E-state index is -0.409. The van der Waals surface area contributed by atoms with Gasteiger partial charge in [-0.25, -0.2) is 4.39 Å². The number of rotatable bonds is 6. The van der Waals surface area contributed by atoms with Crippen molar-refractivity contribution in [1.29, 1.82) is 0 Å². The summed E-state index contributed by atoms with van der Waals surface area (Å²) >= 11 is 3.21. The zero-order valence-electron chi connectivity index (χ0n) is 11.7. The number of benzene rings is 1. The van der Waals surface area contributed by atoms with Gasteiger partial charge in [-0.2, -0.15) is 15.0 Å². The highest BCUT2D eigenvalue weighted by atomic mass is 79.9. The standard InChI is InChI=1S/C13H15BrFN5O/c1-3-16-11-18-12(20-13(19-11)21-4-2)17-10-6-5-8(14)7-9(10)15/h5-7H,3-4H2,1-2H3,(H2,16,17,18,19,20). The van der Waals surface area contributed by atoms with E-state index in [1.54, 1.807) is 12.1 Å². The maximum absolute atomic E-state index is 13.8. The van der Waals surface area contributed by atoms with Crippen molar-refractivity contribution < 1.29 is 9.13 Å². The van der Waals surface area contributed by atoms with E-state index in [-0.39, 0.29) is 17.6 Å². The Balaban J connectivity index is 2.29. The molecule has 0 bridgehead atoms. The Kier molecular flexibility index (Phi) is 5.26. The van der Waals surface area contributed by atoms with E-state index in [2.05, 4.69) is 41.5 Å². The van der Waals surface area contributed by atoms with Gasteiger partial charge >= 0.3 is 6.01 Å². The molecule has 1 aromatic heterocycles. The molecule has 2 aromatic rings. The van der Waals surface area contributed by atoms with Crippen LogP contribution >= 0.6 is 15.9 Å². The Labute approximate surface area is 130 Å². The Morgan fingerprint density at radius 3 is 2.62 bits per heavy atom. The van der Waals surface area contributed by atoms with Crippen molar-refractivity contribution in [2.75, 3.05) is 23.8 Å². The molecular formula is C13H15BrFN5O. The molecule has 6 nitrogen and oxygen atoms in total. The molecule has 0 saturated carbocycles. The van der Waals surface area contributed by atoms with Crippen LogP contribution in [0, 0.1) is 5.82 Å². The van der Waals surface area contributed by atoms with E-state index in [1.807, 2.05) is 13.8 Å². The van der Waals surface area contributed by atoms with Gasteiger partial charge in [0, 0.05) is 11.0 Å². The average molecular weight is 356 g/mol. The van der Waals surface area contributed by atoms with Gasteiger partial charge in [0.05, 0.1) is 12.3 Å². The topological polar surface area (TPSA) is 72.0 Å². The van der Waals surface area contributed by atoms with E-state index in [0.717, 1.165) is 0 Å². The Hall–Kier alpha value is -1.96. The summed E-state index contributed by atoms with van der Waals surface area (Å²) in [6, 6.07) is 4.86. The molecule has 0 atom stereocenters. The summed E-state index contributed by atoms with van der Waals surface area (Å²) in [6.07, 6.45) is 0. The number of halogens is 2. The van der Waals surface area contributed by atoms with Crippen molar-refractivity contribution in [2.45, 2.75) is 13.8 Å². The molecule has 0 radical (unpaired) electrons. The summed E-state index contributed by atoms with van der Waals surface area (Å²) in [7, 11) is 0. The lowest BCUT2D eigenvalue weighted by atomic mass is 10.3. The smallest absolute Gasteiger partial charge is 0.323 e. The lowest BCUT2D eigenvalue weighted by Crippen LogP contribution is -2.09. The molecule has 0 saturated heterocycles. The fraction of sp³-hybridized carbons (Fsp3) is 0.308. The second-order valence-electron chi connectivity index (χ2n) is 3.98. The predicted molar refractivity (Wildman–Crippen MR) is 82.5 cm³/mol. The molecule has 21 heavy (non-hydrogen) atoms. The van der Waals surface area contributed by atoms with Crippen LogP contribution in [0.2, 0.25) is 0 Å². The normalized spacial score (nSPS) is 10.3. The molecule has 0 fully saturated rings. The third-order valence-electron chi connectivity index (χ3n) is 2.40. The summed E-state index contributed by atoms with van der Waals surface area (Å²) < 4.78 is 19.8. The summed E-state index contributed by atoms with van der Waals surface area (Å²) in [5.41, 5.74) is 0.272. The van der Waals surface area contributed by atoms with Crippen molar-refractivity contribution in [1.82, 2.24) is 15.0 Å². The van der Waals surface area contributed by atoms with Crippen molar-refractivity contribution in [2.24, 2.45) is 0 Å². The van der Waals surface area contributed by atoms with Gasteiger partial charge in [0.1, 0.15) is 5.82 Å². The average Bonchev–Trinajstić information content (AvgIpc) is 2.42. The first-order valence-electron chi connectivity index (χ1n) is 6.47. The first kappa shape index (κ1) is 15.4. The molecule has 0 aliphatic heterocycles. The second kappa shape index (κ2) is 7.16. The maximum Gasteiger partial charge on any atom is 0.323 e. The molecule has 1 heterocycles. The fourth-order valence-electron chi connectivity index (χ4n) is 1.55. The van der Waals surface area contributed by atoms with Crippen LogP contribution in [0.15, 0.2) is 22.7 Å². The molecule has 2 N–H and O–H groups in total. The van der Waals surface area contributed by atoms with Crippen molar-refractivity contribution in [3.63, 3.8) is 0 Å². The zero-order valence-corrected chi connectivity index (χ0v) is 13.2. The number of nitrogens with one attached hydrogen (secondary N) is 2. The Morgan fingerprint density at radius 2 is 1.95 bits per heavy atom. The van der Waals surface area contributed by atoms with Crippen LogP contribution in [0.4, 0.5) is 22.0 Å². The van der Waals surface area contributed by atoms with Crippen LogP contribution in [0.1, 0.15) is 13.8 Å². The number of ether oxygens (including phenoxy) is 1. The van der Waals surface area contributed by atoms with Crippen LogP contribution in [0.25, 0.3) is 0 Å². The SMILES string of the molecule is CCNc1nc(Nc2ccc(Br)cc2F)nc(OCC)n1. The molecule has 1 aromatic carbocycles. The number of hydrogen-bond acceptors (Lipinski definition) is 6. The minimum absolute atomic E-state index is 0.184. The summed E-state index contributed by atoms with van der Waals surface area (Å²) in [5.74, 6) is 0.175. The van der Waals surface area contributed by atoms with Crippen LogP contribution < -0.4 is 15.4 Å². The van der Waals surface area contributed by atoms with Gasteiger partial charge in [-0.3, -0.25) is 0 Å². The monoisotopic (exact) mass is 355 g/mol. The first-order chi connectivity index (χ1) is 10.1. The maximum atomic E-state index is 13.8. The predicted octanol–water partition coefficient (Wildman–Crippen LogP) is 3.35. The third-order valence-corrected chi connectivity index (χ3v) is 2.89. The van der Waals surface area contributed by atoms with E-state index < -0.39 is 5.82 Å². The lowest BCUT2D eigenvalue weighted by molar-refractivity contribution is 0.312. The summed E-state index contributed by atoms with van der Waals surface area (Å²) in [4.78, 5) is 12.3. The molecular weight excluding hydrogens is 341 g/mol. The highest BCUT2D eigenvalue weighted by Crippen LogP contribution is 2.22. The molecule has 0 aliphatic rings. The van der Waals surface area contributed by atoms with E-state index in [9.17, 15) is 4.39 Å².